The Bertz CT molecular complexity index is 211. The van der Waals surface area contributed by atoms with Gasteiger partial charge in [-0.1, -0.05) is 20.8 Å². The Morgan fingerprint density at radius 2 is 2.08 bits per heavy atom. The van der Waals surface area contributed by atoms with E-state index in [4.69, 9.17) is 10.00 Å². The van der Waals surface area contributed by atoms with Gasteiger partial charge in [-0.05, 0) is 25.2 Å². The first-order valence-corrected chi connectivity index (χ1v) is 4.45. The highest BCUT2D eigenvalue weighted by Crippen LogP contribution is 2.42. The molecule has 2 atom stereocenters. The fraction of sp³-hybridized carbons (Fsp3) is 0.900. The summed E-state index contributed by atoms with van der Waals surface area (Å²) in [7, 11) is 0. The number of nitrogens with zero attached hydrogens (tertiary/aromatic N) is 1. The molecule has 0 aromatic heterocycles. The number of epoxide rings is 1. The van der Waals surface area contributed by atoms with Crippen LogP contribution in [0.2, 0.25) is 0 Å². The van der Waals surface area contributed by atoms with Crippen LogP contribution in [0.1, 0.15) is 40.5 Å². The third-order valence-electron chi connectivity index (χ3n) is 2.37. The molecule has 0 radical (unpaired) electrons. The predicted octanol–water partition coefficient (Wildman–Crippen LogP) is 2.49. The Morgan fingerprint density at radius 3 is 2.42 bits per heavy atom. The van der Waals surface area contributed by atoms with Crippen LogP contribution < -0.4 is 0 Å². The summed E-state index contributed by atoms with van der Waals surface area (Å²) in [6.45, 7) is 8.65. The van der Waals surface area contributed by atoms with Crippen molar-refractivity contribution in [1.82, 2.24) is 0 Å². The van der Waals surface area contributed by atoms with Crippen molar-refractivity contribution in [3.05, 3.63) is 0 Å². The maximum atomic E-state index is 8.60. The molecule has 0 saturated carbocycles. The van der Waals surface area contributed by atoms with Crippen LogP contribution in [-0.4, -0.2) is 11.7 Å². The van der Waals surface area contributed by atoms with E-state index in [1.54, 1.807) is 0 Å². The molecular formula is C10H17NO. The Kier molecular flexibility index (Phi) is 2.18. The summed E-state index contributed by atoms with van der Waals surface area (Å²) in [6, 6.07) is 2.14. The summed E-state index contributed by atoms with van der Waals surface area (Å²) in [5.74, 6) is 0. The molecule has 0 amide bonds. The molecule has 68 valence electrons. The molecule has 0 bridgehead atoms. The molecule has 1 fully saturated rings. The van der Waals surface area contributed by atoms with Gasteiger partial charge in [0.1, 0.15) is 5.60 Å². The molecule has 1 aliphatic heterocycles. The van der Waals surface area contributed by atoms with Crippen LogP contribution in [0.15, 0.2) is 0 Å². The van der Waals surface area contributed by atoms with E-state index in [-0.39, 0.29) is 11.7 Å². The summed E-state index contributed by atoms with van der Waals surface area (Å²) >= 11 is 0. The minimum Gasteiger partial charge on any atom is -0.350 e. The molecule has 0 aromatic rings. The van der Waals surface area contributed by atoms with Crippen LogP contribution in [0, 0.1) is 16.7 Å². The average molecular weight is 167 g/mol. The third-order valence-corrected chi connectivity index (χ3v) is 2.37. The van der Waals surface area contributed by atoms with Gasteiger partial charge in [0.05, 0.1) is 6.07 Å². The van der Waals surface area contributed by atoms with Crippen LogP contribution in [0.25, 0.3) is 0 Å². The number of rotatable bonds is 2. The lowest BCUT2D eigenvalue weighted by Gasteiger charge is -2.18. The summed E-state index contributed by atoms with van der Waals surface area (Å²) in [5, 5.41) is 8.60. The zero-order valence-corrected chi connectivity index (χ0v) is 8.35. The molecule has 0 aromatic carbocycles. The molecule has 0 spiro atoms. The van der Waals surface area contributed by atoms with Gasteiger partial charge in [-0.3, -0.25) is 0 Å². The molecule has 0 aliphatic carbocycles. The molecule has 1 aliphatic rings. The van der Waals surface area contributed by atoms with Crippen LogP contribution in [-0.2, 0) is 4.74 Å². The standard InChI is InChI=1S/C10H17NO/c1-9(2,3)5-6-10(4)8(7-11)12-10/h8H,5-6H2,1-4H3. The van der Waals surface area contributed by atoms with E-state index in [1.165, 1.54) is 0 Å². The van der Waals surface area contributed by atoms with Crippen molar-refractivity contribution in [2.75, 3.05) is 0 Å². The van der Waals surface area contributed by atoms with E-state index in [9.17, 15) is 0 Å². The lowest BCUT2D eigenvalue weighted by atomic mass is 9.86. The first-order valence-electron chi connectivity index (χ1n) is 4.45. The van der Waals surface area contributed by atoms with Crippen molar-refractivity contribution in [2.45, 2.75) is 52.2 Å². The molecule has 12 heavy (non-hydrogen) atoms. The first-order chi connectivity index (χ1) is 5.37. The van der Waals surface area contributed by atoms with E-state index >= 15 is 0 Å². The highest BCUT2D eigenvalue weighted by atomic mass is 16.6. The summed E-state index contributed by atoms with van der Waals surface area (Å²) in [4.78, 5) is 0. The molecule has 1 rings (SSSR count). The second-order valence-electron chi connectivity index (χ2n) is 5.00. The second-order valence-corrected chi connectivity index (χ2v) is 5.00. The number of ether oxygens (including phenoxy) is 1. The van der Waals surface area contributed by atoms with Gasteiger partial charge in [0.15, 0.2) is 6.10 Å². The number of hydrogen-bond acceptors (Lipinski definition) is 2. The van der Waals surface area contributed by atoms with Crippen molar-refractivity contribution in [3.8, 4) is 6.07 Å². The van der Waals surface area contributed by atoms with Crippen LogP contribution in [0.3, 0.4) is 0 Å². The SMILES string of the molecule is CC(C)(C)CCC1(C)OC1C#N. The fourth-order valence-electron chi connectivity index (χ4n) is 1.21. The zero-order valence-electron chi connectivity index (χ0n) is 8.35. The first kappa shape index (κ1) is 9.54. The zero-order chi connectivity index (χ0) is 9.41. The van der Waals surface area contributed by atoms with Gasteiger partial charge in [-0.2, -0.15) is 5.26 Å². The highest BCUT2D eigenvalue weighted by molar-refractivity contribution is 5.11. The average Bonchev–Trinajstić information content (AvgIpc) is 2.58. The topological polar surface area (TPSA) is 36.3 Å². The fourth-order valence-corrected chi connectivity index (χ4v) is 1.21. The lowest BCUT2D eigenvalue weighted by molar-refractivity contribution is 0.259. The molecule has 1 saturated heterocycles. The predicted molar refractivity (Wildman–Crippen MR) is 47.6 cm³/mol. The number of nitriles is 1. The molecule has 1 heterocycles. The monoisotopic (exact) mass is 167 g/mol. The van der Waals surface area contributed by atoms with Crippen LogP contribution in [0.5, 0.6) is 0 Å². The summed E-state index contributed by atoms with van der Waals surface area (Å²) < 4.78 is 5.29. The van der Waals surface area contributed by atoms with E-state index in [1.807, 2.05) is 6.92 Å². The number of hydrogen-bond donors (Lipinski definition) is 0. The van der Waals surface area contributed by atoms with Gasteiger partial charge in [0.25, 0.3) is 0 Å². The quantitative estimate of drug-likeness (QED) is 0.592. The maximum Gasteiger partial charge on any atom is 0.173 e. The highest BCUT2D eigenvalue weighted by Gasteiger charge is 2.52. The van der Waals surface area contributed by atoms with Crippen molar-refractivity contribution >= 4 is 0 Å². The normalized spacial score (nSPS) is 34.4. The van der Waals surface area contributed by atoms with Gasteiger partial charge < -0.3 is 4.74 Å². The Labute approximate surface area is 74.5 Å². The summed E-state index contributed by atoms with van der Waals surface area (Å²) in [6.07, 6.45) is 1.95. The second kappa shape index (κ2) is 2.74. The largest absolute Gasteiger partial charge is 0.350 e. The van der Waals surface area contributed by atoms with Crippen molar-refractivity contribution in [1.29, 1.82) is 5.26 Å². The van der Waals surface area contributed by atoms with Gasteiger partial charge in [0, 0.05) is 0 Å². The minimum absolute atomic E-state index is 0.137. The smallest absolute Gasteiger partial charge is 0.173 e. The molecule has 2 nitrogen and oxygen atoms in total. The molecule has 2 heteroatoms. The van der Waals surface area contributed by atoms with Gasteiger partial charge >= 0.3 is 0 Å². The van der Waals surface area contributed by atoms with Gasteiger partial charge in [0.2, 0.25) is 0 Å². The molecule has 0 N–H and O–H groups in total. The van der Waals surface area contributed by atoms with Crippen molar-refractivity contribution in [2.24, 2.45) is 5.41 Å². The minimum atomic E-state index is -0.153. The Balaban J connectivity index is 2.31. The lowest BCUT2D eigenvalue weighted by Crippen LogP contribution is -2.14. The third kappa shape index (κ3) is 2.22. The van der Waals surface area contributed by atoms with E-state index in [0.717, 1.165) is 12.8 Å². The Hall–Kier alpha value is -0.550. The van der Waals surface area contributed by atoms with Crippen molar-refractivity contribution < 1.29 is 4.74 Å². The summed E-state index contributed by atoms with van der Waals surface area (Å²) in [5.41, 5.74) is 0.205. The van der Waals surface area contributed by atoms with E-state index in [0.29, 0.717) is 5.41 Å². The molecule has 2 unspecified atom stereocenters. The van der Waals surface area contributed by atoms with E-state index in [2.05, 4.69) is 26.8 Å². The Morgan fingerprint density at radius 1 is 1.50 bits per heavy atom. The van der Waals surface area contributed by atoms with Crippen molar-refractivity contribution in [3.63, 3.8) is 0 Å². The molecular weight excluding hydrogens is 150 g/mol. The van der Waals surface area contributed by atoms with Gasteiger partial charge in [-0.25, -0.2) is 0 Å². The van der Waals surface area contributed by atoms with Crippen LogP contribution in [0.4, 0.5) is 0 Å². The van der Waals surface area contributed by atoms with Gasteiger partial charge in [-0.15, -0.1) is 0 Å². The maximum absolute atomic E-state index is 8.60. The van der Waals surface area contributed by atoms with Crippen LogP contribution >= 0.6 is 0 Å². The van der Waals surface area contributed by atoms with E-state index < -0.39 is 0 Å².